The molecule has 1 N–H and O–H groups in total. The molecule has 3 aromatic rings. The number of fused-ring (bicyclic) bond motifs is 1. The van der Waals surface area contributed by atoms with Crippen LogP contribution in [0.15, 0.2) is 110 Å². The highest BCUT2D eigenvalue weighted by atomic mass is 32.2. The lowest BCUT2D eigenvalue weighted by Crippen LogP contribution is -2.56. The van der Waals surface area contributed by atoms with Crippen LogP contribution in [-0.4, -0.2) is 80.9 Å². The highest BCUT2D eigenvalue weighted by Gasteiger charge is 2.78. The van der Waals surface area contributed by atoms with Crippen molar-refractivity contribution in [1.29, 1.82) is 0 Å². The molecule has 0 aromatic heterocycles. The maximum Gasteiger partial charge on any atom is 0.251 e. The molecule has 0 radical (unpaired) electrons. The van der Waals surface area contributed by atoms with Crippen molar-refractivity contribution in [3.8, 4) is 0 Å². The van der Waals surface area contributed by atoms with Crippen LogP contribution in [-0.2, 0) is 20.9 Å². The Bertz CT molecular complexity index is 1730. The van der Waals surface area contributed by atoms with Crippen LogP contribution in [0.3, 0.4) is 0 Å². The standard InChI is InChI=1S/C42H50N4O4S/c1-6-26-44(28-30-16-12-10-13-17-30)38(48)35-36-39(49)46(34(29-47)31-18-14-11-15-19-31)37(42(36)25-24-41(35,5)51-42)40(50)45(27-7-2)33-22-20-32(21-23-33)43(8-3)9-4/h6-7,10-23,34-37,47H,1-2,8-9,24-29H2,3-5H3/t34-,35-,36+,37?,41+,42?/m1/s1. The molecule has 3 amide bonds. The minimum absolute atomic E-state index is 0.100. The molecule has 3 aliphatic heterocycles. The topological polar surface area (TPSA) is 84.4 Å². The first-order valence-electron chi connectivity index (χ1n) is 18.1. The number of carbonyl (C=O) groups is 3. The van der Waals surface area contributed by atoms with Crippen LogP contribution in [0.25, 0.3) is 0 Å². The molecular weight excluding hydrogens is 657 g/mol. The number of anilines is 2. The molecule has 9 heteroatoms. The van der Waals surface area contributed by atoms with Crippen LogP contribution in [0.5, 0.6) is 0 Å². The van der Waals surface area contributed by atoms with E-state index in [-0.39, 0.29) is 30.9 Å². The van der Waals surface area contributed by atoms with Gasteiger partial charge in [-0.2, -0.15) is 0 Å². The van der Waals surface area contributed by atoms with Crippen molar-refractivity contribution in [2.75, 3.05) is 42.6 Å². The van der Waals surface area contributed by atoms with E-state index >= 15 is 9.59 Å². The van der Waals surface area contributed by atoms with Crippen LogP contribution < -0.4 is 9.80 Å². The van der Waals surface area contributed by atoms with E-state index in [0.29, 0.717) is 31.6 Å². The molecule has 0 saturated carbocycles. The molecule has 3 heterocycles. The molecule has 2 unspecified atom stereocenters. The smallest absolute Gasteiger partial charge is 0.251 e. The molecule has 6 rings (SSSR count). The molecule has 3 aromatic carbocycles. The molecule has 2 bridgehead atoms. The number of amides is 3. The summed E-state index contributed by atoms with van der Waals surface area (Å²) in [7, 11) is 0. The van der Waals surface area contributed by atoms with E-state index in [2.05, 4.69) is 38.8 Å². The molecule has 51 heavy (non-hydrogen) atoms. The van der Waals surface area contributed by atoms with Crippen LogP contribution in [0, 0.1) is 11.8 Å². The van der Waals surface area contributed by atoms with Crippen molar-refractivity contribution < 1.29 is 19.5 Å². The summed E-state index contributed by atoms with van der Waals surface area (Å²) in [6, 6.07) is 25.5. The average molecular weight is 707 g/mol. The Hall–Kier alpha value is -4.34. The van der Waals surface area contributed by atoms with E-state index in [0.717, 1.165) is 29.9 Å². The SMILES string of the molecule is C=CCN(Cc1ccccc1)C(=O)[C@H]1[C@H]2C(=O)N([C@H](CO)c3ccccc3)C(C(=O)N(CC=C)c3ccc(N(CC)CC)cc3)C23CC[C@]1(C)S3. The monoisotopic (exact) mass is 706 g/mol. The van der Waals surface area contributed by atoms with Crippen LogP contribution >= 0.6 is 11.8 Å². The first-order valence-corrected chi connectivity index (χ1v) is 18.9. The molecule has 8 nitrogen and oxygen atoms in total. The molecule has 3 aliphatic rings. The fourth-order valence-electron chi connectivity index (χ4n) is 8.80. The number of aliphatic hydroxyl groups is 1. The Balaban J connectivity index is 1.45. The Morgan fingerprint density at radius 2 is 1.51 bits per heavy atom. The van der Waals surface area contributed by atoms with Crippen LogP contribution in [0.1, 0.15) is 50.8 Å². The van der Waals surface area contributed by atoms with Crippen molar-refractivity contribution >= 4 is 40.9 Å². The number of hydrogen-bond acceptors (Lipinski definition) is 6. The van der Waals surface area contributed by atoms with Gasteiger partial charge >= 0.3 is 0 Å². The third-order valence-corrected chi connectivity index (χ3v) is 13.1. The summed E-state index contributed by atoms with van der Waals surface area (Å²) >= 11 is 1.64. The minimum atomic E-state index is -0.915. The van der Waals surface area contributed by atoms with Crippen molar-refractivity contribution in [2.45, 2.75) is 61.7 Å². The van der Waals surface area contributed by atoms with Gasteiger partial charge in [-0.15, -0.1) is 24.9 Å². The third-order valence-electron chi connectivity index (χ3n) is 11.2. The zero-order chi connectivity index (χ0) is 36.3. The average Bonchev–Trinajstić information content (AvgIpc) is 3.72. The normalized spacial score (nSPS) is 25.3. The predicted molar refractivity (Wildman–Crippen MR) is 206 cm³/mol. The van der Waals surface area contributed by atoms with Gasteiger partial charge in [-0.25, -0.2) is 0 Å². The van der Waals surface area contributed by atoms with Crippen LogP contribution in [0.2, 0.25) is 0 Å². The van der Waals surface area contributed by atoms with Crippen molar-refractivity contribution in [2.24, 2.45) is 11.8 Å². The maximum atomic E-state index is 15.3. The maximum absolute atomic E-state index is 15.3. The lowest BCUT2D eigenvalue weighted by atomic mass is 9.66. The second kappa shape index (κ2) is 15.1. The number of aliphatic hydroxyl groups excluding tert-OH is 1. The highest BCUT2D eigenvalue weighted by molar-refractivity contribution is 8.02. The van der Waals surface area contributed by atoms with E-state index < -0.39 is 33.4 Å². The van der Waals surface area contributed by atoms with E-state index in [1.54, 1.807) is 38.6 Å². The van der Waals surface area contributed by atoms with Gasteiger partial charge in [-0.3, -0.25) is 14.4 Å². The number of nitrogens with zero attached hydrogens (tertiary/aromatic N) is 4. The Kier molecular flexibility index (Phi) is 10.8. The zero-order valence-corrected chi connectivity index (χ0v) is 30.8. The van der Waals surface area contributed by atoms with Gasteiger partial charge in [0, 0.05) is 48.8 Å². The number of likely N-dealkylation sites (tertiary alicyclic amines) is 1. The van der Waals surface area contributed by atoms with Gasteiger partial charge in [0.2, 0.25) is 11.8 Å². The summed E-state index contributed by atoms with van der Waals surface area (Å²) in [5, 5.41) is 11.0. The summed E-state index contributed by atoms with van der Waals surface area (Å²) < 4.78 is -1.41. The van der Waals surface area contributed by atoms with E-state index in [1.165, 1.54) is 0 Å². The Morgan fingerprint density at radius 1 is 0.902 bits per heavy atom. The first kappa shape index (κ1) is 36.5. The van der Waals surface area contributed by atoms with Gasteiger partial charge in [0.05, 0.1) is 29.2 Å². The summed E-state index contributed by atoms with van der Waals surface area (Å²) in [6.45, 7) is 16.6. The van der Waals surface area contributed by atoms with Crippen LogP contribution in [0.4, 0.5) is 11.4 Å². The molecule has 6 atom stereocenters. The highest BCUT2D eigenvalue weighted by Crippen LogP contribution is 2.72. The summed E-state index contributed by atoms with van der Waals surface area (Å²) in [4.78, 5) is 52.7. The molecule has 1 spiro atoms. The molecule has 268 valence electrons. The zero-order valence-electron chi connectivity index (χ0n) is 30.0. The predicted octanol–water partition coefficient (Wildman–Crippen LogP) is 6.48. The molecule has 3 fully saturated rings. The van der Waals surface area contributed by atoms with Gasteiger partial charge in [0.15, 0.2) is 0 Å². The second-order valence-electron chi connectivity index (χ2n) is 14.0. The third kappa shape index (κ3) is 6.40. The van der Waals surface area contributed by atoms with Gasteiger partial charge in [-0.05, 0) is 69.0 Å². The Morgan fingerprint density at radius 3 is 2.10 bits per heavy atom. The molecular formula is C42H50N4O4S. The summed E-state index contributed by atoms with van der Waals surface area (Å²) in [5.41, 5.74) is 3.51. The van der Waals surface area contributed by atoms with Gasteiger partial charge < -0.3 is 24.7 Å². The van der Waals surface area contributed by atoms with Gasteiger partial charge in [-0.1, -0.05) is 72.8 Å². The second-order valence-corrected chi connectivity index (χ2v) is 15.9. The van der Waals surface area contributed by atoms with Crippen molar-refractivity contribution in [3.05, 3.63) is 121 Å². The van der Waals surface area contributed by atoms with Crippen molar-refractivity contribution in [3.63, 3.8) is 0 Å². The largest absolute Gasteiger partial charge is 0.394 e. The quantitative estimate of drug-likeness (QED) is 0.182. The summed E-state index contributed by atoms with van der Waals surface area (Å²) in [5.74, 6) is -1.97. The number of hydrogen-bond donors (Lipinski definition) is 1. The van der Waals surface area contributed by atoms with E-state index in [1.807, 2.05) is 84.9 Å². The fourth-order valence-corrected chi connectivity index (χ4v) is 11.1. The lowest BCUT2D eigenvalue weighted by molar-refractivity contribution is -0.146. The minimum Gasteiger partial charge on any atom is -0.394 e. The molecule has 3 saturated heterocycles. The number of benzene rings is 3. The number of thioether (sulfide) groups is 1. The van der Waals surface area contributed by atoms with E-state index in [9.17, 15) is 9.90 Å². The number of rotatable bonds is 15. The molecule has 0 aliphatic carbocycles. The fraction of sp³-hybridized carbons (Fsp3) is 0.405. The van der Waals surface area contributed by atoms with Gasteiger partial charge in [0.25, 0.3) is 5.91 Å². The Labute approximate surface area is 306 Å². The first-order chi connectivity index (χ1) is 24.7. The lowest BCUT2D eigenvalue weighted by Gasteiger charge is -2.40. The number of carbonyl (C=O) groups excluding carboxylic acids is 3. The van der Waals surface area contributed by atoms with E-state index in [4.69, 9.17) is 0 Å². The summed E-state index contributed by atoms with van der Waals surface area (Å²) in [6.07, 6.45) is 4.73. The van der Waals surface area contributed by atoms with Crippen molar-refractivity contribution in [1.82, 2.24) is 9.80 Å². The van der Waals surface area contributed by atoms with Gasteiger partial charge in [0.1, 0.15) is 6.04 Å².